The summed E-state index contributed by atoms with van der Waals surface area (Å²) in [5.74, 6) is 0.260. The second kappa shape index (κ2) is 2.47. The number of nitrogens with two attached hydrogens (primary N) is 1. The maximum Gasteiger partial charge on any atom is 0.330 e. The number of aryl methyl sites for hydroxylation is 1. The number of aromatic nitrogens is 2. The molecule has 1 rings (SSSR count). The van der Waals surface area contributed by atoms with Crippen LogP contribution in [0.25, 0.3) is 0 Å². The van der Waals surface area contributed by atoms with Crippen molar-refractivity contribution in [3.8, 4) is 0 Å². The molecule has 1 aromatic rings. The minimum Gasteiger partial charge on any atom is -0.408 e. The van der Waals surface area contributed by atoms with Gasteiger partial charge >= 0.3 is 6.01 Å². The van der Waals surface area contributed by atoms with Gasteiger partial charge in [0.1, 0.15) is 0 Å². The lowest BCUT2D eigenvalue weighted by molar-refractivity contribution is 0.534. The molecule has 0 aliphatic rings. The molecule has 0 fully saturated rings. The molecule has 0 unspecified atom stereocenters. The summed E-state index contributed by atoms with van der Waals surface area (Å²) in [5, 5.41) is 11.3. The summed E-state index contributed by atoms with van der Waals surface area (Å²) in [6.07, 6.45) is 0. The third-order valence-electron chi connectivity index (χ3n) is 0.756. The molecule has 0 radical (unpaired) electrons. The van der Waals surface area contributed by atoms with Crippen LogP contribution in [0.3, 0.4) is 0 Å². The van der Waals surface area contributed by atoms with Crippen molar-refractivity contribution in [2.75, 3.05) is 4.72 Å². The van der Waals surface area contributed by atoms with Crippen LogP contribution in [0.15, 0.2) is 4.42 Å². The van der Waals surface area contributed by atoms with Crippen molar-refractivity contribution in [2.24, 2.45) is 5.14 Å². The van der Waals surface area contributed by atoms with Gasteiger partial charge in [-0.05, 0) is 0 Å². The average Bonchev–Trinajstić information content (AvgIpc) is 2.10. The molecule has 8 heteroatoms. The summed E-state index contributed by atoms with van der Waals surface area (Å²) in [7, 11) is -3.81. The van der Waals surface area contributed by atoms with Crippen molar-refractivity contribution < 1.29 is 12.8 Å². The average molecular weight is 178 g/mol. The number of nitrogens with zero attached hydrogens (tertiary/aromatic N) is 2. The number of nitrogens with one attached hydrogen (secondary N) is 1. The van der Waals surface area contributed by atoms with Gasteiger partial charge in [0.2, 0.25) is 5.89 Å². The number of hydrogen-bond acceptors (Lipinski definition) is 5. The fraction of sp³-hybridized carbons (Fsp3) is 0.333. The first kappa shape index (κ1) is 7.95. The van der Waals surface area contributed by atoms with E-state index < -0.39 is 10.2 Å². The first-order chi connectivity index (χ1) is 4.97. The summed E-state index contributed by atoms with van der Waals surface area (Å²) < 4.78 is 27.2. The molecule has 0 bridgehead atoms. The highest BCUT2D eigenvalue weighted by Crippen LogP contribution is 2.03. The number of rotatable bonds is 2. The topological polar surface area (TPSA) is 111 Å². The highest BCUT2D eigenvalue weighted by molar-refractivity contribution is 7.90. The SMILES string of the molecule is Cc1nnc(NS(N)(=O)=O)o1. The molecule has 0 aromatic carbocycles. The minimum atomic E-state index is -3.81. The van der Waals surface area contributed by atoms with Crippen LogP contribution in [-0.2, 0) is 10.2 Å². The van der Waals surface area contributed by atoms with Crippen LogP contribution < -0.4 is 9.86 Å². The van der Waals surface area contributed by atoms with Gasteiger partial charge in [0.15, 0.2) is 0 Å². The van der Waals surface area contributed by atoms with Gasteiger partial charge in [-0.3, -0.25) is 0 Å². The Hall–Kier alpha value is -1.15. The largest absolute Gasteiger partial charge is 0.408 e. The lowest BCUT2D eigenvalue weighted by atomic mass is 10.8. The second-order valence-electron chi connectivity index (χ2n) is 1.77. The zero-order chi connectivity index (χ0) is 8.48. The lowest BCUT2D eigenvalue weighted by Gasteiger charge is -1.93. The van der Waals surface area contributed by atoms with Crippen molar-refractivity contribution in [3.63, 3.8) is 0 Å². The summed E-state index contributed by atoms with van der Waals surface area (Å²) in [6.45, 7) is 1.53. The molecular formula is C3H6N4O3S. The van der Waals surface area contributed by atoms with Gasteiger partial charge in [-0.2, -0.15) is 8.42 Å². The molecule has 1 heterocycles. The van der Waals surface area contributed by atoms with E-state index in [-0.39, 0.29) is 11.9 Å². The van der Waals surface area contributed by atoms with Crippen molar-refractivity contribution in [3.05, 3.63) is 5.89 Å². The fourth-order valence-electron chi connectivity index (χ4n) is 0.460. The molecule has 0 amide bonds. The van der Waals surface area contributed by atoms with E-state index in [0.29, 0.717) is 0 Å². The van der Waals surface area contributed by atoms with E-state index in [9.17, 15) is 8.42 Å². The smallest absolute Gasteiger partial charge is 0.330 e. The van der Waals surface area contributed by atoms with Gasteiger partial charge in [0, 0.05) is 6.92 Å². The van der Waals surface area contributed by atoms with E-state index in [4.69, 9.17) is 0 Å². The van der Waals surface area contributed by atoms with Gasteiger partial charge in [-0.25, -0.2) is 9.86 Å². The second-order valence-corrected chi connectivity index (χ2v) is 3.07. The first-order valence-corrected chi connectivity index (χ1v) is 4.12. The van der Waals surface area contributed by atoms with Crippen molar-refractivity contribution >= 4 is 16.2 Å². The van der Waals surface area contributed by atoms with Crippen LogP contribution in [0, 0.1) is 6.92 Å². The Kier molecular flexibility index (Phi) is 1.79. The van der Waals surface area contributed by atoms with Crippen LogP contribution in [-0.4, -0.2) is 18.6 Å². The van der Waals surface area contributed by atoms with Gasteiger partial charge in [-0.15, -0.1) is 5.10 Å². The van der Waals surface area contributed by atoms with Crippen LogP contribution >= 0.6 is 0 Å². The van der Waals surface area contributed by atoms with E-state index in [0.717, 1.165) is 0 Å². The molecule has 7 nitrogen and oxygen atoms in total. The number of hydrogen-bond donors (Lipinski definition) is 2. The van der Waals surface area contributed by atoms with E-state index in [1.54, 1.807) is 0 Å². The quantitative estimate of drug-likeness (QED) is 0.602. The Bertz CT molecular complexity index is 341. The van der Waals surface area contributed by atoms with Crippen LogP contribution in [0.1, 0.15) is 5.89 Å². The zero-order valence-corrected chi connectivity index (χ0v) is 6.42. The maximum absolute atomic E-state index is 10.3. The highest BCUT2D eigenvalue weighted by Gasteiger charge is 2.07. The van der Waals surface area contributed by atoms with Crippen LogP contribution in [0.2, 0.25) is 0 Å². The van der Waals surface area contributed by atoms with Gasteiger partial charge in [0.05, 0.1) is 0 Å². The Morgan fingerprint density at radius 3 is 2.55 bits per heavy atom. The van der Waals surface area contributed by atoms with Gasteiger partial charge < -0.3 is 4.42 Å². The monoisotopic (exact) mass is 178 g/mol. The lowest BCUT2D eigenvalue weighted by Crippen LogP contribution is -2.21. The van der Waals surface area contributed by atoms with E-state index in [1.807, 2.05) is 4.72 Å². The van der Waals surface area contributed by atoms with E-state index in [2.05, 4.69) is 19.8 Å². The highest BCUT2D eigenvalue weighted by atomic mass is 32.2. The standard InChI is InChI=1S/C3H6N4O3S/c1-2-5-6-3(10-2)7-11(4,8)9/h1H3,(H,6,7)(H2,4,8,9). The van der Waals surface area contributed by atoms with E-state index in [1.165, 1.54) is 6.92 Å². The first-order valence-electron chi connectivity index (χ1n) is 2.58. The fourth-order valence-corrected chi connectivity index (χ4v) is 0.785. The third kappa shape index (κ3) is 2.51. The molecule has 1 aromatic heterocycles. The molecular weight excluding hydrogens is 172 g/mol. The predicted molar refractivity (Wildman–Crippen MR) is 35.8 cm³/mol. The van der Waals surface area contributed by atoms with Crippen LogP contribution in [0.5, 0.6) is 0 Å². The molecule has 0 saturated carbocycles. The van der Waals surface area contributed by atoms with Gasteiger partial charge in [-0.1, -0.05) is 5.10 Å². The Morgan fingerprint density at radius 2 is 2.18 bits per heavy atom. The molecule has 0 atom stereocenters. The Balaban J connectivity index is 2.81. The predicted octanol–water partition coefficient (Wildman–Crippen LogP) is -1.01. The van der Waals surface area contributed by atoms with Crippen LogP contribution in [0.4, 0.5) is 6.01 Å². The van der Waals surface area contributed by atoms with Crippen molar-refractivity contribution in [2.45, 2.75) is 6.92 Å². The van der Waals surface area contributed by atoms with E-state index >= 15 is 0 Å². The maximum atomic E-state index is 10.3. The molecule has 11 heavy (non-hydrogen) atoms. The molecule has 0 spiro atoms. The third-order valence-corrected chi connectivity index (χ3v) is 1.21. The summed E-state index contributed by atoms with van der Waals surface area (Å²) in [5.41, 5.74) is 0. The summed E-state index contributed by atoms with van der Waals surface area (Å²) in [6, 6.07) is -0.231. The zero-order valence-electron chi connectivity index (χ0n) is 5.60. The molecule has 0 aliphatic heterocycles. The molecule has 0 aliphatic carbocycles. The summed E-state index contributed by atoms with van der Waals surface area (Å²) >= 11 is 0. The molecule has 0 saturated heterocycles. The summed E-state index contributed by atoms with van der Waals surface area (Å²) in [4.78, 5) is 0. The van der Waals surface area contributed by atoms with Crippen molar-refractivity contribution in [1.82, 2.24) is 10.2 Å². The van der Waals surface area contributed by atoms with Crippen molar-refractivity contribution in [1.29, 1.82) is 0 Å². The Morgan fingerprint density at radius 1 is 1.55 bits per heavy atom. The Labute approximate surface area is 62.8 Å². The normalized spacial score (nSPS) is 11.5. The molecule has 3 N–H and O–H groups in total. The molecule has 62 valence electrons. The van der Waals surface area contributed by atoms with Gasteiger partial charge in [0.25, 0.3) is 10.2 Å². The number of anilines is 1. The minimum absolute atomic E-state index is 0.231.